The van der Waals surface area contributed by atoms with E-state index in [1.807, 2.05) is 19.1 Å². The normalized spacial score (nSPS) is 17.9. The average molecular weight is 645 g/mol. The molecule has 39 heavy (non-hydrogen) atoms. The predicted molar refractivity (Wildman–Crippen MR) is 159 cm³/mol. The summed E-state index contributed by atoms with van der Waals surface area (Å²) in [5.74, 6) is -1.63. The van der Waals surface area contributed by atoms with Gasteiger partial charge in [-0.1, -0.05) is 81.6 Å². The lowest BCUT2D eigenvalue weighted by atomic mass is 9.83. The molecule has 0 saturated carbocycles. The van der Waals surface area contributed by atoms with Crippen LogP contribution in [-0.2, 0) is 4.87 Å². The number of rotatable bonds is 7. The Morgan fingerprint density at radius 2 is 1.64 bits per heavy atom. The highest BCUT2D eigenvalue weighted by Crippen LogP contribution is 2.59. The Labute approximate surface area is 251 Å². The topological polar surface area (TPSA) is 67.4 Å². The van der Waals surface area contributed by atoms with Gasteiger partial charge in [0.2, 0.25) is 5.13 Å². The summed E-state index contributed by atoms with van der Waals surface area (Å²) < 4.78 is 29.4. The van der Waals surface area contributed by atoms with E-state index in [0.29, 0.717) is 48.8 Å². The summed E-state index contributed by atoms with van der Waals surface area (Å²) in [6, 6.07) is 13.8. The largest absolute Gasteiger partial charge is 0.330 e. The lowest BCUT2D eigenvalue weighted by Gasteiger charge is -2.42. The smallest absolute Gasteiger partial charge is 0.230 e. The number of aryl methyl sites for hydroxylation is 1. The number of nitrogens with zero attached hydrogens (tertiary/aromatic N) is 4. The molecule has 0 spiro atoms. The molecule has 0 amide bonds. The number of nitrogens with two attached hydrogens (primary N) is 1. The minimum Gasteiger partial charge on any atom is -0.330 e. The fourth-order valence-electron chi connectivity index (χ4n) is 4.51. The van der Waals surface area contributed by atoms with Gasteiger partial charge < -0.3 is 5.73 Å². The van der Waals surface area contributed by atoms with Gasteiger partial charge in [-0.05, 0) is 73.5 Å². The van der Waals surface area contributed by atoms with Crippen molar-refractivity contribution in [2.45, 2.75) is 24.1 Å². The summed E-state index contributed by atoms with van der Waals surface area (Å²) in [4.78, 5) is -1.13. The van der Waals surface area contributed by atoms with Crippen LogP contribution >= 0.6 is 69.5 Å². The lowest BCUT2D eigenvalue weighted by Crippen LogP contribution is -2.44. The Morgan fingerprint density at radius 1 is 0.923 bits per heavy atom. The molecule has 3 aromatic carbocycles. The fourth-order valence-corrected chi connectivity index (χ4v) is 7.41. The first-order chi connectivity index (χ1) is 18.6. The first kappa shape index (κ1) is 28.5. The summed E-state index contributed by atoms with van der Waals surface area (Å²) in [7, 11) is 0. The predicted octanol–water partition coefficient (Wildman–Crippen LogP) is 8.64. The number of thioether (sulfide) groups is 1. The van der Waals surface area contributed by atoms with Gasteiger partial charge in [0.1, 0.15) is 26.6 Å². The van der Waals surface area contributed by atoms with E-state index in [2.05, 4.69) is 10.2 Å². The first-order valence-electron chi connectivity index (χ1n) is 11.6. The number of anilines is 1. The molecule has 2 atom stereocenters. The van der Waals surface area contributed by atoms with Gasteiger partial charge in [-0.3, -0.25) is 0 Å². The maximum atomic E-state index is 15.1. The number of benzene rings is 3. The van der Waals surface area contributed by atoms with Gasteiger partial charge in [-0.25, -0.2) is 13.8 Å². The monoisotopic (exact) mass is 643 g/mol. The molecule has 202 valence electrons. The molecule has 4 aromatic rings. The molecular weight excluding hydrogens is 626 g/mol. The molecule has 2 N–H and O–H groups in total. The van der Waals surface area contributed by atoms with Crippen LogP contribution < -0.4 is 10.7 Å². The van der Waals surface area contributed by atoms with E-state index in [0.717, 1.165) is 23.8 Å². The molecule has 5 nitrogen and oxygen atoms in total. The van der Waals surface area contributed by atoms with Crippen LogP contribution in [0.25, 0.3) is 0 Å². The van der Waals surface area contributed by atoms with Crippen LogP contribution in [0.2, 0.25) is 20.1 Å². The third-order valence-electron chi connectivity index (χ3n) is 6.22. The highest BCUT2D eigenvalue weighted by Gasteiger charge is 2.54. The van der Waals surface area contributed by atoms with Crippen molar-refractivity contribution in [2.24, 2.45) is 10.8 Å². The van der Waals surface area contributed by atoms with Crippen LogP contribution in [0, 0.1) is 18.6 Å². The molecule has 0 radical (unpaired) electrons. The molecule has 2 heterocycles. The molecule has 1 aromatic heterocycles. The number of hydrogen-bond donors (Lipinski definition) is 1. The van der Waals surface area contributed by atoms with Gasteiger partial charge in [-0.15, -0.1) is 10.2 Å². The molecule has 0 fully saturated rings. The Balaban J connectivity index is 1.82. The maximum Gasteiger partial charge on any atom is 0.230 e. The van der Waals surface area contributed by atoms with Gasteiger partial charge in [0.15, 0.2) is 0 Å². The highest BCUT2D eigenvalue weighted by atomic mass is 35.5. The Kier molecular flexibility index (Phi) is 8.41. The van der Waals surface area contributed by atoms with E-state index in [1.54, 1.807) is 29.3 Å². The number of hydrogen-bond acceptors (Lipinski definition) is 7. The molecule has 1 aliphatic heterocycles. The Hall–Kier alpha value is -1.98. The highest BCUT2D eigenvalue weighted by molar-refractivity contribution is 8.15. The van der Waals surface area contributed by atoms with Gasteiger partial charge in [0, 0.05) is 11.5 Å². The summed E-state index contributed by atoms with van der Waals surface area (Å²) in [5.41, 5.74) is 7.66. The molecule has 5 rings (SSSR count). The number of halogens is 6. The molecule has 2 unspecified atom stereocenters. The van der Waals surface area contributed by atoms with Crippen molar-refractivity contribution in [3.63, 3.8) is 0 Å². The third-order valence-corrected chi connectivity index (χ3v) is 10.0. The number of hydrazone groups is 1. The molecule has 0 saturated heterocycles. The van der Waals surface area contributed by atoms with Crippen molar-refractivity contribution in [1.29, 1.82) is 0 Å². The fraction of sp³-hybridized carbons (Fsp3) is 0.192. The Morgan fingerprint density at radius 3 is 2.28 bits per heavy atom. The Bertz CT molecular complexity index is 1580. The van der Waals surface area contributed by atoms with Crippen molar-refractivity contribution < 1.29 is 8.78 Å². The van der Waals surface area contributed by atoms with Crippen LogP contribution in [0.5, 0.6) is 0 Å². The van der Waals surface area contributed by atoms with Crippen molar-refractivity contribution >= 4 is 79.7 Å². The zero-order valence-corrected chi connectivity index (χ0v) is 24.8. The van der Waals surface area contributed by atoms with Crippen molar-refractivity contribution in [3.8, 4) is 0 Å². The zero-order chi connectivity index (χ0) is 27.9. The van der Waals surface area contributed by atoms with Crippen molar-refractivity contribution in [3.05, 3.63) is 108 Å². The number of aromatic nitrogens is 2. The summed E-state index contributed by atoms with van der Waals surface area (Å²) >= 11 is 28.1. The average Bonchev–Trinajstić information content (AvgIpc) is 3.52. The first-order valence-corrected chi connectivity index (χ1v) is 14.7. The van der Waals surface area contributed by atoms with Crippen LogP contribution in [0.15, 0.2) is 59.7 Å². The summed E-state index contributed by atoms with van der Waals surface area (Å²) in [6.07, 6.45) is 0.452. The lowest BCUT2D eigenvalue weighted by molar-refractivity contribution is 0.451. The van der Waals surface area contributed by atoms with Crippen molar-refractivity contribution in [1.82, 2.24) is 10.2 Å². The molecule has 0 bridgehead atoms. The van der Waals surface area contributed by atoms with Crippen LogP contribution in [-0.4, -0.2) is 21.8 Å². The zero-order valence-electron chi connectivity index (χ0n) is 20.1. The van der Waals surface area contributed by atoms with E-state index < -0.39 is 22.4 Å². The van der Waals surface area contributed by atoms with Crippen LogP contribution in [0.3, 0.4) is 0 Å². The second kappa shape index (κ2) is 11.5. The summed E-state index contributed by atoms with van der Waals surface area (Å²) in [6.45, 7) is 2.11. The van der Waals surface area contributed by atoms with Gasteiger partial charge in [-0.2, -0.15) is 5.10 Å². The van der Waals surface area contributed by atoms with Gasteiger partial charge in [0.05, 0.1) is 20.1 Å². The van der Waals surface area contributed by atoms with E-state index in [1.165, 1.54) is 23.1 Å². The van der Waals surface area contributed by atoms with Crippen LogP contribution in [0.1, 0.15) is 34.0 Å². The summed E-state index contributed by atoms with van der Waals surface area (Å²) in [5, 5.41) is 17.9. The quantitative estimate of drug-likeness (QED) is 0.218. The van der Waals surface area contributed by atoms with E-state index in [9.17, 15) is 4.39 Å². The van der Waals surface area contributed by atoms with E-state index in [-0.39, 0.29) is 10.6 Å². The molecule has 0 aliphatic carbocycles. The van der Waals surface area contributed by atoms with E-state index in [4.69, 9.17) is 57.2 Å². The maximum absolute atomic E-state index is 15.1. The van der Waals surface area contributed by atoms with E-state index >= 15 is 4.39 Å². The molecular formula is C26H19Cl4F2N5S2. The van der Waals surface area contributed by atoms with Crippen LogP contribution in [0.4, 0.5) is 13.9 Å². The SMILES string of the molecule is Cc1nnc(N2N=C(c3cc(F)ccc3F)SC2(c2ccc(Cl)c(Cl)c2)C(CCN)c2ccc(Cl)c(Cl)c2)s1. The molecule has 1 aliphatic rings. The second-order valence-electron chi connectivity index (χ2n) is 8.68. The second-order valence-corrected chi connectivity index (χ2v) is 12.7. The van der Waals surface area contributed by atoms with Crippen molar-refractivity contribution in [2.75, 3.05) is 11.6 Å². The van der Waals surface area contributed by atoms with Gasteiger partial charge >= 0.3 is 0 Å². The minimum absolute atomic E-state index is 0.00816. The third kappa shape index (κ3) is 5.38. The molecule has 13 heteroatoms. The minimum atomic E-state index is -1.13. The van der Waals surface area contributed by atoms with Gasteiger partial charge in [0.25, 0.3) is 0 Å². The standard InChI is InChI=1S/C26H19Cl4F2N5S2/c1-13-34-35-25(38-13)37-26(15-3-6-20(28)22(30)11-15,18(8-9-33)14-2-5-19(27)21(29)10-14)39-24(36-37)17-12-16(31)4-7-23(17)32/h2-7,10-12,18H,8-9,33H2,1H3.